The Labute approximate surface area is 119 Å². The maximum absolute atomic E-state index is 11.6. The van der Waals surface area contributed by atoms with E-state index in [-0.39, 0.29) is 11.5 Å². The average Bonchev–Trinajstić information content (AvgIpc) is 2.40. The summed E-state index contributed by atoms with van der Waals surface area (Å²) < 4.78 is 5.35. The van der Waals surface area contributed by atoms with E-state index in [1.54, 1.807) is 32.4 Å². The van der Waals surface area contributed by atoms with Crippen molar-refractivity contribution in [3.63, 3.8) is 0 Å². The van der Waals surface area contributed by atoms with Gasteiger partial charge in [-0.05, 0) is 38.5 Å². The van der Waals surface area contributed by atoms with Gasteiger partial charge in [-0.1, -0.05) is 11.6 Å². The van der Waals surface area contributed by atoms with Gasteiger partial charge in [0.25, 0.3) is 5.91 Å². The summed E-state index contributed by atoms with van der Waals surface area (Å²) in [6.07, 6.45) is 0.837. The zero-order valence-corrected chi connectivity index (χ0v) is 12.6. The minimum Gasteiger partial charge on any atom is -0.384 e. The Morgan fingerprint density at radius 2 is 2.11 bits per heavy atom. The van der Waals surface area contributed by atoms with E-state index in [9.17, 15) is 4.79 Å². The van der Waals surface area contributed by atoms with Gasteiger partial charge in [-0.15, -0.1) is 0 Å². The highest BCUT2D eigenvalue weighted by Gasteiger charge is 2.15. The lowest BCUT2D eigenvalue weighted by Gasteiger charge is -2.23. The second-order valence-electron chi connectivity index (χ2n) is 4.91. The van der Waals surface area contributed by atoms with Gasteiger partial charge in [0.2, 0.25) is 0 Å². The molecule has 1 aromatic carbocycles. The first-order valence-corrected chi connectivity index (χ1v) is 6.58. The molecule has 0 atom stereocenters. The number of amides is 1. The van der Waals surface area contributed by atoms with Crippen molar-refractivity contribution in [2.24, 2.45) is 0 Å². The molecule has 0 saturated carbocycles. The molecule has 0 heterocycles. The number of benzene rings is 1. The Morgan fingerprint density at radius 3 is 2.68 bits per heavy atom. The molecule has 1 amide bonds. The summed E-state index contributed by atoms with van der Waals surface area (Å²) in [5.74, 6) is -0.128. The van der Waals surface area contributed by atoms with Crippen LogP contribution >= 0.6 is 11.6 Å². The van der Waals surface area contributed by atoms with Crippen LogP contribution in [0.4, 0.5) is 5.69 Å². The summed E-state index contributed by atoms with van der Waals surface area (Å²) in [5, 5.41) is 6.42. The van der Waals surface area contributed by atoms with Crippen molar-refractivity contribution in [3.8, 4) is 0 Å². The molecule has 0 aromatic heterocycles. The number of hydrogen-bond donors (Lipinski definition) is 2. The molecule has 1 rings (SSSR count). The third-order valence-electron chi connectivity index (χ3n) is 3.05. The van der Waals surface area contributed by atoms with E-state index in [4.69, 9.17) is 16.3 Å². The van der Waals surface area contributed by atoms with E-state index < -0.39 is 0 Å². The minimum atomic E-state index is -0.183. The SMILES string of the molecule is CNC(=O)c1ccc(Cl)c(NCCC(C)(C)OC)c1. The molecule has 0 saturated heterocycles. The highest BCUT2D eigenvalue weighted by atomic mass is 35.5. The van der Waals surface area contributed by atoms with Gasteiger partial charge in [0.05, 0.1) is 16.3 Å². The van der Waals surface area contributed by atoms with Gasteiger partial charge in [-0.2, -0.15) is 0 Å². The molecule has 0 spiro atoms. The lowest BCUT2D eigenvalue weighted by atomic mass is 10.1. The predicted octanol–water partition coefficient (Wildman–Crippen LogP) is 2.93. The summed E-state index contributed by atoms with van der Waals surface area (Å²) >= 11 is 6.10. The molecule has 0 aliphatic heterocycles. The zero-order valence-electron chi connectivity index (χ0n) is 11.8. The lowest BCUT2D eigenvalue weighted by molar-refractivity contribution is 0.0185. The molecule has 0 unspecified atom stereocenters. The number of anilines is 1. The Morgan fingerprint density at radius 1 is 1.42 bits per heavy atom. The second-order valence-corrected chi connectivity index (χ2v) is 5.32. The molecule has 2 N–H and O–H groups in total. The van der Waals surface area contributed by atoms with Crippen LogP contribution in [0, 0.1) is 0 Å². The van der Waals surface area contributed by atoms with Crippen LogP contribution in [-0.2, 0) is 4.74 Å². The monoisotopic (exact) mass is 284 g/mol. The Balaban J connectivity index is 2.70. The molecule has 0 aliphatic carbocycles. The largest absolute Gasteiger partial charge is 0.384 e. The van der Waals surface area contributed by atoms with Crippen molar-refractivity contribution in [3.05, 3.63) is 28.8 Å². The smallest absolute Gasteiger partial charge is 0.251 e. The molecule has 0 fully saturated rings. The van der Waals surface area contributed by atoms with Gasteiger partial charge < -0.3 is 15.4 Å². The van der Waals surface area contributed by atoms with Gasteiger partial charge in [-0.25, -0.2) is 0 Å². The fourth-order valence-electron chi connectivity index (χ4n) is 1.55. The van der Waals surface area contributed by atoms with Gasteiger partial charge in [0.15, 0.2) is 0 Å². The first-order valence-electron chi connectivity index (χ1n) is 6.20. The van der Waals surface area contributed by atoms with Crippen LogP contribution in [-0.4, -0.2) is 32.2 Å². The van der Waals surface area contributed by atoms with E-state index in [1.807, 2.05) is 13.8 Å². The predicted molar refractivity (Wildman–Crippen MR) is 79.0 cm³/mol. The fourth-order valence-corrected chi connectivity index (χ4v) is 1.73. The summed E-state index contributed by atoms with van der Waals surface area (Å²) in [6, 6.07) is 5.17. The average molecular weight is 285 g/mol. The van der Waals surface area contributed by atoms with Crippen LogP contribution in [0.3, 0.4) is 0 Å². The van der Waals surface area contributed by atoms with Crippen LogP contribution in [0.25, 0.3) is 0 Å². The van der Waals surface area contributed by atoms with E-state index in [1.165, 1.54) is 0 Å². The molecule has 106 valence electrons. The van der Waals surface area contributed by atoms with Crippen LogP contribution in [0.5, 0.6) is 0 Å². The first kappa shape index (κ1) is 15.8. The summed E-state index contributed by atoms with van der Waals surface area (Å²) in [4.78, 5) is 11.6. The van der Waals surface area contributed by atoms with Gasteiger partial charge in [0.1, 0.15) is 0 Å². The number of halogens is 1. The number of ether oxygens (including phenoxy) is 1. The lowest BCUT2D eigenvalue weighted by Crippen LogP contribution is -2.26. The number of nitrogens with one attached hydrogen (secondary N) is 2. The van der Waals surface area contributed by atoms with Gasteiger partial charge >= 0.3 is 0 Å². The van der Waals surface area contributed by atoms with Crippen molar-refractivity contribution < 1.29 is 9.53 Å². The van der Waals surface area contributed by atoms with Crippen LogP contribution in [0.2, 0.25) is 5.02 Å². The summed E-state index contributed by atoms with van der Waals surface area (Å²) in [6.45, 7) is 4.77. The molecule has 0 bridgehead atoms. The standard InChI is InChI=1S/C14H21ClN2O2/c1-14(2,19-4)7-8-17-12-9-10(13(18)16-3)5-6-11(12)15/h5-6,9,17H,7-8H2,1-4H3,(H,16,18). The molecule has 19 heavy (non-hydrogen) atoms. The number of hydrogen-bond acceptors (Lipinski definition) is 3. The normalized spacial score (nSPS) is 11.2. The number of carbonyl (C=O) groups excluding carboxylic acids is 1. The number of methoxy groups -OCH3 is 1. The Hall–Kier alpha value is -1.26. The summed E-state index contributed by atoms with van der Waals surface area (Å²) in [5.41, 5.74) is 1.16. The highest BCUT2D eigenvalue weighted by molar-refractivity contribution is 6.33. The summed E-state index contributed by atoms with van der Waals surface area (Å²) in [7, 11) is 3.30. The van der Waals surface area contributed by atoms with Crippen molar-refractivity contribution in [2.75, 3.05) is 26.0 Å². The minimum absolute atomic E-state index is 0.128. The van der Waals surface area contributed by atoms with Crippen LogP contribution in [0.15, 0.2) is 18.2 Å². The van der Waals surface area contributed by atoms with E-state index in [2.05, 4.69) is 10.6 Å². The van der Waals surface area contributed by atoms with Crippen molar-refractivity contribution >= 4 is 23.2 Å². The van der Waals surface area contributed by atoms with Crippen LogP contribution < -0.4 is 10.6 Å². The van der Waals surface area contributed by atoms with Crippen molar-refractivity contribution in [2.45, 2.75) is 25.9 Å². The molecular formula is C14H21ClN2O2. The van der Waals surface area contributed by atoms with Crippen molar-refractivity contribution in [1.82, 2.24) is 5.32 Å². The maximum Gasteiger partial charge on any atom is 0.251 e. The molecule has 5 heteroatoms. The molecule has 4 nitrogen and oxygen atoms in total. The van der Waals surface area contributed by atoms with Crippen LogP contribution in [0.1, 0.15) is 30.6 Å². The quantitative estimate of drug-likeness (QED) is 0.844. The zero-order chi connectivity index (χ0) is 14.5. The highest BCUT2D eigenvalue weighted by Crippen LogP contribution is 2.23. The first-order chi connectivity index (χ1) is 8.89. The van der Waals surface area contributed by atoms with E-state index in [0.717, 1.165) is 18.7 Å². The maximum atomic E-state index is 11.6. The molecular weight excluding hydrogens is 264 g/mol. The second kappa shape index (κ2) is 6.78. The third kappa shape index (κ3) is 4.73. The van der Waals surface area contributed by atoms with Gasteiger partial charge in [-0.3, -0.25) is 4.79 Å². The van der Waals surface area contributed by atoms with E-state index in [0.29, 0.717) is 10.6 Å². The van der Waals surface area contributed by atoms with E-state index >= 15 is 0 Å². The number of rotatable bonds is 6. The topological polar surface area (TPSA) is 50.4 Å². The Kier molecular flexibility index (Phi) is 5.63. The third-order valence-corrected chi connectivity index (χ3v) is 3.38. The van der Waals surface area contributed by atoms with Gasteiger partial charge in [0, 0.05) is 26.3 Å². The fraction of sp³-hybridized carbons (Fsp3) is 0.500. The molecule has 1 aromatic rings. The van der Waals surface area contributed by atoms with Crippen molar-refractivity contribution in [1.29, 1.82) is 0 Å². The Bertz CT molecular complexity index is 447. The molecule has 0 radical (unpaired) electrons. The number of carbonyl (C=O) groups is 1. The molecule has 0 aliphatic rings.